The lowest BCUT2D eigenvalue weighted by atomic mass is 9.75. The summed E-state index contributed by atoms with van der Waals surface area (Å²) >= 11 is 5.79. The van der Waals surface area contributed by atoms with Gasteiger partial charge in [0.15, 0.2) is 0 Å². The minimum absolute atomic E-state index is 0.0650. The van der Waals surface area contributed by atoms with Crippen molar-refractivity contribution in [3.63, 3.8) is 0 Å². The average Bonchev–Trinajstić information content (AvgIpc) is 2.56. The Labute approximate surface area is 150 Å². The SMILES string of the molecule is O=C(Cc1ccc(Cl)cc1)NC(Cc1cccc(C(=O)O)c1)B(O)O. The molecule has 4 N–H and O–H groups in total. The molecule has 0 heterocycles. The summed E-state index contributed by atoms with van der Waals surface area (Å²) in [6.45, 7) is 0. The van der Waals surface area contributed by atoms with Gasteiger partial charge in [-0.1, -0.05) is 35.9 Å². The van der Waals surface area contributed by atoms with Gasteiger partial charge in [-0.2, -0.15) is 0 Å². The van der Waals surface area contributed by atoms with E-state index in [4.69, 9.17) is 16.7 Å². The molecule has 0 saturated carbocycles. The molecule has 8 heteroatoms. The molecule has 0 aromatic heterocycles. The van der Waals surface area contributed by atoms with Gasteiger partial charge in [0.1, 0.15) is 0 Å². The lowest BCUT2D eigenvalue weighted by Gasteiger charge is -2.18. The number of hydrogen-bond donors (Lipinski definition) is 4. The van der Waals surface area contributed by atoms with Gasteiger partial charge >= 0.3 is 13.1 Å². The van der Waals surface area contributed by atoms with E-state index < -0.39 is 19.0 Å². The molecule has 1 amide bonds. The minimum Gasteiger partial charge on any atom is -0.478 e. The summed E-state index contributed by atoms with van der Waals surface area (Å²) < 4.78 is 0. The highest BCUT2D eigenvalue weighted by Crippen LogP contribution is 2.11. The summed E-state index contributed by atoms with van der Waals surface area (Å²) in [6.07, 6.45) is 0.153. The molecule has 1 atom stereocenters. The molecule has 25 heavy (non-hydrogen) atoms. The summed E-state index contributed by atoms with van der Waals surface area (Å²) in [5, 5.41) is 31.1. The highest BCUT2D eigenvalue weighted by atomic mass is 35.5. The summed E-state index contributed by atoms with van der Waals surface area (Å²) in [5.74, 6) is -2.41. The third kappa shape index (κ3) is 5.90. The average molecular weight is 362 g/mol. The second kappa shape index (κ2) is 8.66. The number of carbonyl (C=O) groups excluding carboxylic acids is 1. The number of rotatable bonds is 7. The van der Waals surface area contributed by atoms with Gasteiger partial charge in [-0.3, -0.25) is 4.79 Å². The van der Waals surface area contributed by atoms with Crippen LogP contribution in [0.1, 0.15) is 21.5 Å². The van der Waals surface area contributed by atoms with Gasteiger partial charge in [0.25, 0.3) is 0 Å². The Morgan fingerprint density at radius 2 is 1.76 bits per heavy atom. The lowest BCUT2D eigenvalue weighted by Crippen LogP contribution is -2.48. The minimum atomic E-state index is -1.78. The number of carboxylic acid groups (broad SMARTS) is 1. The monoisotopic (exact) mass is 361 g/mol. The summed E-state index contributed by atoms with van der Waals surface area (Å²) in [5.41, 5.74) is 1.40. The van der Waals surface area contributed by atoms with Gasteiger partial charge in [-0.25, -0.2) is 4.79 Å². The van der Waals surface area contributed by atoms with E-state index in [0.29, 0.717) is 10.6 Å². The van der Waals surface area contributed by atoms with Crippen LogP contribution < -0.4 is 5.32 Å². The first-order chi connectivity index (χ1) is 11.8. The van der Waals surface area contributed by atoms with Gasteiger partial charge in [-0.05, 0) is 41.8 Å². The smallest absolute Gasteiger partial charge is 0.475 e. The van der Waals surface area contributed by atoms with E-state index in [1.54, 1.807) is 36.4 Å². The molecule has 130 valence electrons. The number of benzene rings is 2. The van der Waals surface area contributed by atoms with Crippen molar-refractivity contribution in [3.8, 4) is 0 Å². The summed E-state index contributed by atoms with van der Waals surface area (Å²) in [6, 6.07) is 12.9. The van der Waals surface area contributed by atoms with Crippen LogP contribution in [0.25, 0.3) is 0 Å². The fraction of sp³-hybridized carbons (Fsp3) is 0.176. The van der Waals surface area contributed by atoms with Crippen LogP contribution in [0, 0.1) is 0 Å². The maximum Gasteiger partial charge on any atom is 0.475 e. The topological polar surface area (TPSA) is 107 Å². The summed E-state index contributed by atoms with van der Waals surface area (Å²) in [7, 11) is -1.78. The van der Waals surface area contributed by atoms with Crippen molar-refractivity contribution >= 4 is 30.6 Å². The first-order valence-electron chi connectivity index (χ1n) is 7.57. The highest BCUT2D eigenvalue weighted by Gasteiger charge is 2.25. The molecule has 6 nitrogen and oxygen atoms in total. The number of carbonyl (C=O) groups is 2. The van der Waals surface area contributed by atoms with Crippen molar-refractivity contribution in [2.45, 2.75) is 18.8 Å². The van der Waals surface area contributed by atoms with Crippen molar-refractivity contribution in [3.05, 3.63) is 70.2 Å². The van der Waals surface area contributed by atoms with E-state index in [1.165, 1.54) is 12.1 Å². The largest absolute Gasteiger partial charge is 0.478 e. The molecular weight excluding hydrogens is 344 g/mol. The van der Waals surface area contributed by atoms with Crippen LogP contribution in [0.4, 0.5) is 0 Å². The second-order valence-electron chi connectivity index (χ2n) is 5.60. The zero-order valence-electron chi connectivity index (χ0n) is 13.2. The summed E-state index contributed by atoms with van der Waals surface area (Å²) in [4.78, 5) is 23.1. The number of halogens is 1. The molecule has 2 rings (SSSR count). The molecular formula is C17H17BClNO5. The molecule has 0 aliphatic carbocycles. The fourth-order valence-corrected chi connectivity index (χ4v) is 2.49. The first-order valence-corrected chi connectivity index (χ1v) is 7.95. The Balaban J connectivity index is 2.02. The molecule has 2 aromatic carbocycles. The normalized spacial score (nSPS) is 11.6. The Morgan fingerprint density at radius 3 is 2.36 bits per heavy atom. The fourth-order valence-electron chi connectivity index (χ4n) is 2.36. The van der Waals surface area contributed by atoms with Gasteiger partial charge < -0.3 is 20.5 Å². The van der Waals surface area contributed by atoms with E-state index in [-0.39, 0.29) is 24.3 Å². The van der Waals surface area contributed by atoms with E-state index >= 15 is 0 Å². The van der Waals surface area contributed by atoms with Crippen LogP contribution in [0.15, 0.2) is 48.5 Å². The van der Waals surface area contributed by atoms with E-state index in [0.717, 1.165) is 5.56 Å². The Bertz CT molecular complexity index is 751. The zero-order valence-corrected chi connectivity index (χ0v) is 14.0. The van der Waals surface area contributed by atoms with Crippen molar-refractivity contribution in [2.75, 3.05) is 0 Å². The zero-order chi connectivity index (χ0) is 18.4. The van der Waals surface area contributed by atoms with Crippen LogP contribution in [0.2, 0.25) is 5.02 Å². The number of amides is 1. The molecule has 2 aromatic rings. The van der Waals surface area contributed by atoms with Crippen LogP contribution in [-0.4, -0.2) is 40.1 Å². The molecule has 0 aliphatic heterocycles. The number of aromatic carboxylic acids is 1. The maximum atomic E-state index is 12.1. The van der Waals surface area contributed by atoms with Crippen molar-refractivity contribution in [2.24, 2.45) is 0 Å². The molecule has 1 unspecified atom stereocenters. The highest BCUT2D eigenvalue weighted by molar-refractivity contribution is 6.43. The Morgan fingerprint density at radius 1 is 1.08 bits per heavy atom. The first kappa shape index (κ1) is 19.0. The third-order valence-corrected chi connectivity index (χ3v) is 3.87. The molecule has 0 fully saturated rings. The molecule has 0 spiro atoms. The van der Waals surface area contributed by atoms with Crippen molar-refractivity contribution in [1.29, 1.82) is 0 Å². The van der Waals surface area contributed by atoms with Gasteiger partial charge in [0.05, 0.1) is 17.9 Å². The van der Waals surface area contributed by atoms with Gasteiger partial charge in [0.2, 0.25) is 5.91 Å². The molecule has 0 aliphatic rings. The molecule has 0 saturated heterocycles. The standard InChI is InChI=1S/C17H17BClNO5/c19-14-6-4-11(5-7-14)10-16(21)20-15(18(24)25)9-12-2-1-3-13(8-12)17(22)23/h1-8,15,24-25H,9-10H2,(H,20,21)(H,22,23). The molecule has 0 radical (unpaired) electrons. The van der Waals surface area contributed by atoms with E-state index in [1.807, 2.05) is 0 Å². The Hall–Kier alpha value is -2.35. The van der Waals surface area contributed by atoms with Crippen molar-refractivity contribution in [1.82, 2.24) is 5.32 Å². The molecule has 0 bridgehead atoms. The van der Waals surface area contributed by atoms with E-state index in [9.17, 15) is 19.6 Å². The van der Waals surface area contributed by atoms with Crippen LogP contribution in [0.3, 0.4) is 0 Å². The van der Waals surface area contributed by atoms with Gasteiger partial charge in [0, 0.05) is 5.02 Å². The Kier molecular flexibility index (Phi) is 6.58. The predicted octanol–water partition coefficient (Wildman–Crippen LogP) is 1.32. The van der Waals surface area contributed by atoms with Gasteiger partial charge in [-0.15, -0.1) is 0 Å². The predicted molar refractivity (Wildman–Crippen MR) is 94.4 cm³/mol. The third-order valence-electron chi connectivity index (χ3n) is 3.61. The van der Waals surface area contributed by atoms with Crippen LogP contribution >= 0.6 is 11.6 Å². The number of nitrogens with one attached hydrogen (secondary N) is 1. The number of carboxylic acids is 1. The van der Waals surface area contributed by atoms with E-state index in [2.05, 4.69) is 5.32 Å². The van der Waals surface area contributed by atoms with Crippen molar-refractivity contribution < 1.29 is 24.7 Å². The van der Waals surface area contributed by atoms with Crippen LogP contribution in [0.5, 0.6) is 0 Å². The maximum absolute atomic E-state index is 12.1. The number of hydrogen-bond acceptors (Lipinski definition) is 4. The second-order valence-corrected chi connectivity index (χ2v) is 6.04. The lowest BCUT2D eigenvalue weighted by molar-refractivity contribution is -0.120. The van der Waals surface area contributed by atoms with Crippen LogP contribution in [-0.2, 0) is 17.6 Å². The quantitative estimate of drug-likeness (QED) is 0.557.